The Labute approximate surface area is 142 Å². The minimum Gasteiger partial charge on any atom is -0.473 e. The monoisotopic (exact) mass is 335 g/mol. The number of hydrogen-bond acceptors (Lipinski definition) is 4. The van der Waals surface area contributed by atoms with Gasteiger partial charge >= 0.3 is 11.9 Å². The molecule has 1 fully saturated rings. The van der Waals surface area contributed by atoms with E-state index in [4.69, 9.17) is 24.5 Å². The molecule has 6 heteroatoms. The predicted octanol–water partition coefficient (Wildman–Crippen LogP) is 2.36. The van der Waals surface area contributed by atoms with Crippen LogP contribution in [0.2, 0.25) is 0 Å². The van der Waals surface area contributed by atoms with Crippen molar-refractivity contribution in [3.63, 3.8) is 0 Å². The Kier molecular flexibility index (Phi) is 10.2. The Morgan fingerprint density at radius 2 is 1.67 bits per heavy atom. The molecule has 1 saturated heterocycles. The summed E-state index contributed by atoms with van der Waals surface area (Å²) in [4.78, 5) is 20.7. The highest BCUT2D eigenvalue weighted by atomic mass is 16.5. The topological polar surface area (TPSA) is 87.1 Å². The number of aliphatic carboxylic acids is 2. The van der Waals surface area contributed by atoms with Gasteiger partial charge in [0.15, 0.2) is 0 Å². The minimum absolute atomic E-state index is 0.711. The summed E-state index contributed by atoms with van der Waals surface area (Å²) in [6.07, 6.45) is 8.31. The first-order valence-corrected chi connectivity index (χ1v) is 8.07. The number of nitrogens with zero attached hydrogens (tertiary/aromatic N) is 1. The molecule has 24 heavy (non-hydrogen) atoms. The van der Waals surface area contributed by atoms with Gasteiger partial charge in [-0.25, -0.2) is 9.59 Å². The first kappa shape index (κ1) is 19.9. The zero-order valence-electron chi connectivity index (χ0n) is 13.8. The molecule has 0 aliphatic carbocycles. The zero-order chi connectivity index (χ0) is 17.6. The van der Waals surface area contributed by atoms with Crippen molar-refractivity contribution in [2.24, 2.45) is 0 Å². The van der Waals surface area contributed by atoms with Gasteiger partial charge in [0.05, 0.1) is 13.2 Å². The second kappa shape index (κ2) is 12.3. The van der Waals surface area contributed by atoms with Crippen LogP contribution in [0, 0.1) is 0 Å². The summed E-state index contributed by atoms with van der Waals surface area (Å²) in [5.74, 6) is -3.65. The van der Waals surface area contributed by atoms with Crippen molar-refractivity contribution in [2.75, 3.05) is 32.8 Å². The molecule has 0 amide bonds. The van der Waals surface area contributed by atoms with E-state index in [1.807, 2.05) is 6.07 Å². The third-order valence-corrected chi connectivity index (χ3v) is 3.51. The molecule has 132 valence electrons. The van der Waals surface area contributed by atoms with Gasteiger partial charge in [0.1, 0.15) is 0 Å². The lowest BCUT2D eigenvalue weighted by Gasteiger charge is -2.25. The van der Waals surface area contributed by atoms with Crippen LogP contribution in [-0.2, 0) is 14.3 Å². The van der Waals surface area contributed by atoms with Crippen molar-refractivity contribution in [2.45, 2.75) is 19.3 Å². The smallest absolute Gasteiger partial charge is 0.414 e. The number of hydrogen-bond donors (Lipinski definition) is 2. The van der Waals surface area contributed by atoms with Gasteiger partial charge in [-0.15, -0.1) is 0 Å². The Balaban J connectivity index is 0.000000413. The number of carboxylic acids is 2. The molecular formula is C18H25NO5. The molecule has 0 saturated carbocycles. The van der Waals surface area contributed by atoms with Crippen LogP contribution < -0.4 is 0 Å². The average molecular weight is 335 g/mol. The van der Waals surface area contributed by atoms with Gasteiger partial charge in [-0.1, -0.05) is 48.9 Å². The summed E-state index contributed by atoms with van der Waals surface area (Å²) < 4.78 is 5.63. The highest BCUT2D eigenvalue weighted by Crippen LogP contribution is 2.07. The Hall–Kier alpha value is -2.18. The van der Waals surface area contributed by atoms with E-state index >= 15 is 0 Å². The molecule has 0 atom stereocenters. The van der Waals surface area contributed by atoms with E-state index in [2.05, 4.69) is 41.3 Å². The molecule has 1 aliphatic heterocycles. The predicted molar refractivity (Wildman–Crippen MR) is 91.9 cm³/mol. The van der Waals surface area contributed by atoms with Gasteiger partial charge in [0.25, 0.3) is 0 Å². The molecule has 0 spiro atoms. The highest BCUT2D eigenvalue weighted by molar-refractivity contribution is 6.27. The normalized spacial score (nSPS) is 14.8. The van der Waals surface area contributed by atoms with Crippen LogP contribution >= 0.6 is 0 Å². The van der Waals surface area contributed by atoms with E-state index in [0.29, 0.717) is 6.61 Å². The van der Waals surface area contributed by atoms with Crippen molar-refractivity contribution in [1.29, 1.82) is 0 Å². The van der Waals surface area contributed by atoms with Crippen molar-refractivity contribution >= 4 is 18.0 Å². The Morgan fingerprint density at radius 3 is 2.25 bits per heavy atom. The molecule has 6 nitrogen and oxygen atoms in total. The van der Waals surface area contributed by atoms with Crippen molar-refractivity contribution in [1.82, 2.24) is 4.90 Å². The van der Waals surface area contributed by atoms with Gasteiger partial charge in [-0.2, -0.15) is 0 Å². The second-order valence-electron chi connectivity index (χ2n) is 5.40. The number of carbonyl (C=O) groups is 2. The molecule has 1 aliphatic rings. The van der Waals surface area contributed by atoms with Crippen LogP contribution in [0.5, 0.6) is 0 Å². The van der Waals surface area contributed by atoms with Gasteiger partial charge < -0.3 is 19.8 Å². The van der Waals surface area contributed by atoms with Crippen LogP contribution in [0.25, 0.3) is 6.08 Å². The Bertz CT molecular complexity index is 497. The molecular weight excluding hydrogens is 310 g/mol. The number of carboxylic acid groups (broad SMARTS) is 2. The summed E-state index contributed by atoms with van der Waals surface area (Å²) in [6, 6.07) is 10.3. The third kappa shape index (κ3) is 9.76. The summed E-state index contributed by atoms with van der Waals surface area (Å²) in [7, 11) is 0. The molecule has 1 heterocycles. The molecule has 1 aromatic carbocycles. The van der Waals surface area contributed by atoms with Crippen LogP contribution in [0.3, 0.4) is 0 Å². The lowest BCUT2D eigenvalue weighted by molar-refractivity contribution is -0.159. The summed E-state index contributed by atoms with van der Waals surface area (Å²) in [5.41, 5.74) is 1.23. The van der Waals surface area contributed by atoms with Gasteiger partial charge in [-0.05, 0) is 31.5 Å². The lowest BCUT2D eigenvalue weighted by Crippen LogP contribution is -2.32. The van der Waals surface area contributed by atoms with Crippen LogP contribution in [0.15, 0.2) is 36.4 Å². The van der Waals surface area contributed by atoms with Gasteiger partial charge in [0.2, 0.25) is 0 Å². The fraction of sp³-hybridized carbons (Fsp3) is 0.444. The number of piperidine rings is 1. The van der Waals surface area contributed by atoms with E-state index in [0.717, 1.165) is 13.2 Å². The third-order valence-electron chi connectivity index (χ3n) is 3.51. The first-order chi connectivity index (χ1) is 11.6. The van der Waals surface area contributed by atoms with E-state index < -0.39 is 11.9 Å². The maximum atomic E-state index is 9.10. The Morgan fingerprint density at radius 1 is 1.04 bits per heavy atom. The number of likely N-dealkylation sites (tertiary alicyclic amines) is 1. The molecule has 1 aromatic rings. The fourth-order valence-corrected chi connectivity index (χ4v) is 2.28. The van der Waals surface area contributed by atoms with Gasteiger partial charge in [0, 0.05) is 6.54 Å². The molecule has 0 unspecified atom stereocenters. The number of benzene rings is 1. The lowest BCUT2D eigenvalue weighted by atomic mass is 10.1. The SMILES string of the molecule is C(=C\c1ccccc1)/COCCN1CCCCC1.O=C(O)C(=O)O. The minimum atomic E-state index is -1.82. The fourth-order valence-electron chi connectivity index (χ4n) is 2.28. The average Bonchev–Trinajstić information content (AvgIpc) is 2.60. The number of rotatable bonds is 6. The van der Waals surface area contributed by atoms with Crippen LogP contribution in [0.1, 0.15) is 24.8 Å². The summed E-state index contributed by atoms with van der Waals surface area (Å²) in [6.45, 7) is 5.15. The molecule has 0 bridgehead atoms. The second-order valence-corrected chi connectivity index (χ2v) is 5.40. The maximum Gasteiger partial charge on any atom is 0.414 e. The van der Waals surface area contributed by atoms with E-state index in [1.54, 1.807) is 0 Å². The maximum absolute atomic E-state index is 9.10. The van der Waals surface area contributed by atoms with Gasteiger partial charge in [-0.3, -0.25) is 0 Å². The van der Waals surface area contributed by atoms with Crippen molar-refractivity contribution < 1.29 is 24.5 Å². The first-order valence-electron chi connectivity index (χ1n) is 8.07. The van der Waals surface area contributed by atoms with Crippen LogP contribution in [-0.4, -0.2) is 59.9 Å². The summed E-state index contributed by atoms with van der Waals surface area (Å²) in [5, 5.41) is 14.8. The standard InChI is InChI=1S/C16H23NO.C2H2O4/c1-3-8-16(9-4-1)10-7-14-18-15-13-17-11-5-2-6-12-17;3-1(4)2(5)6/h1,3-4,7-10H,2,5-6,11-15H2;(H,3,4)(H,5,6)/b10-7+;. The molecule has 0 aromatic heterocycles. The highest BCUT2D eigenvalue weighted by Gasteiger charge is 2.08. The quantitative estimate of drug-likeness (QED) is 0.613. The summed E-state index contributed by atoms with van der Waals surface area (Å²) >= 11 is 0. The van der Waals surface area contributed by atoms with E-state index in [1.165, 1.54) is 37.9 Å². The van der Waals surface area contributed by atoms with Crippen molar-refractivity contribution in [3.8, 4) is 0 Å². The van der Waals surface area contributed by atoms with E-state index in [-0.39, 0.29) is 0 Å². The van der Waals surface area contributed by atoms with Crippen LogP contribution in [0.4, 0.5) is 0 Å². The van der Waals surface area contributed by atoms with Crippen molar-refractivity contribution in [3.05, 3.63) is 42.0 Å². The van der Waals surface area contributed by atoms with E-state index in [9.17, 15) is 0 Å². The molecule has 0 radical (unpaired) electrons. The number of ether oxygens (including phenoxy) is 1. The largest absolute Gasteiger partial charge is 0.473 e. The zero-order valence-corrected chi connectivity index (χ0v) is 13.8. The molecule has 2 rings (SSSR count). The molecule has 2 N–H and O–H groups in total.